The summed E-state index contributed by atoms with van der Waals surface area (Å²) in [6.45, 7) is 12.5. The molecule has 0 radical (unpaired) electrons. The van der Waals surface area contributed by atoms with Crippen molar-refractivity contribution in [3.05, 3.63) is 83.0 Å². The highest BCUT2D eigenvalue weighted by Crippen LogP contribution is 2.35. The van der Waals surface area contributed by atoms with Gasteiger partial charge in [0.15, 0.2) is 11.6 Å². The molecular weight excluding hydrogens is 562 g/mol. The highest BCUT2D eigenvalue weighted by Gasteiger charge is 2.27. The van der Waals surface area contributed by atoms with Crippen LogP contribution in [0.25, 0.3) is 0 Å². The van der Waals surface area contributed by atoms with Gasteiger partial charge in [-0.1, -0.05) is 32.9 Å². The third-order valence-corrected chi connectivity index (χ3v) is 9.71. The lowest BCUT2D eigenvalue weighted by molar-refractivity contribution is 0.0919. The number of anilines is 2. The smallest absolute Gasteiger partial charge is 0.255 e. The standard InChI is InChI=1S/C37H47N5O3/c1-37(2,3)30-10-6-28(7-11-30)35(43)40-32-14-8-29(9-15-32)36(44)39-31-12-4-26(5-13-31)17-20-41-21-23-42(24-22-41)34-33-27(16-19-38-34)18-25-45-33/h6-11,14-16,19,26,31H,4-5,12-13,17-18,20-25H2,1-3H3,(H,39,44)(H,40,43). The highest BCUT2D eigenvalue weighted by molar-refractivity contribution is 6.04. The molecule has 0 bridgehead atoms. The second-order valence-corrected chi connectivity index (χ2v) is 13.9. The van der Waals surface area contributed by atoms with Gasteiger partial charge in [0, 0.05) is 67.2 Å². The molecule has 45 heavy (non-hydrogen) atoms. The van der Waals surface area contributed by atoms with Gasteiger partial charge in [0.25, 0.3) is 11.8 Å². The van der Waals surface area contributed by atoms with Crippen LogP contribution in [0.1, 0.15) is 84.7 Å². The number of piperazine rings is 1. The molecule has 238 valence electrons. The van der Waals surface area contributed by atoms with E-state index >= 15 is 0 Å². The highest BCUT2D eigenvalue weighted by atomic mass is 16.5. The number of pyridine rings is 1. The van der Waals surface area contributed by atoms with Crippen LogP contribution in [0.4, 0.5) is 11.5 Å². The van der Waals surface area contributed by atoms with Gasteiger partial charge in [-0.05, 0) is 98.0 Å². The van der Waals surface area contributed by atoms with Crippen LogP contribution in [-0.4, -0.2) is 67.1 Å². The largest absolute Gasteiger partial charge is 0.489 e. The number of fused-ring (bicyclic) bond motifs is 1. The Morgan fingerprint density at radius 1 is 0.867 bits per heavy atom. The molecule has 0 atom stereocenters. The van der Waals surface area contributed by atoms with Gasteiger partial charge in [0.05, 0.1) is 6.61 Å². The summed E-state index contributed by atoms with van der Waals surface area (Å²) in [6.07, 6.45) is 8.48. The molecule has 3 aromatic rings. The first-order valence-electron chi connectivity index (χ1n) is 16.6. The zero-order valence-corrected chi connectivity index (χ0v) is 27.0. The summed E-state index contributed by atoms with van der Waals surface area (Å²) in [4.78, 5) is 35.3. The lowest BCUT2D eigenvalue weighted by Crippen LogP contribution is -2.47. The first-order chi connectivity index (χ1) is 21.7. The molecule has 2 N–H and O–H groups in total. The molecule has 2 amide bonds. The van der Waals surface area contributed by atoms with Crippen molar-refractivity contribution in [3.8, 4) is 5.75 Å². The minimum absolute atomic E-state index is 0.0413. The molecule has 1 aromatic heterocycles. The van der Waals surface area contributed by atoms with Gasteiger partial charge < -0.3 is 20.3 Å². The Kier molecular flexibility index (Phi) is 9.40. The third-order valence-electron chi connectivity index (χ3n) is 9.71. The summed E-state index contributed by atoms with van der Waals surface area (Å²) in [6, 6.07) is 17.2. The lowest BCUT2D eigenvalue weighted by Gasteiger charge is -2.37. The van der Waals surface area contributed by atoms with Crippen molar-refractivity contribution in [3.63, 3.8) is 0 Å². The molecule has 1 aliphatic carbocycles. The van der Waals surface area contributed by atoms with E-state index in [4.69, 9.17) is 4.74 Å². The minimum Gasteiger partial charge on any atom is -0.489 e. The monoisotopic (exact) mass is 609 g/mol. The van der Waals surface area contributed by atoms with Crippen LogP contribution in [0.15, 0.2) is 60.8 Å². The lowest BCUT2D eigenvalue weighted by atomic mass is 9.84. The molecule has 1 saturated carbocycles. The molecule has 3 aliphatic rings. The number of hydrogen-bond donors (Lipinski definition) is 2. The summed E-state index contributed by atoms with van der Waals surface area (Å²) < 4.78 is 5.88. The quantitative estimate of drug-likeness (QED) is 0.323. The maximum atomic E-state index is 13.0. The van der Waals surface area contributed by atoms with Gasteiger partial charge in [0.1, 0.15) is 0 Å². The predicted molar refractivity (Wildman–Crippen MR) is 179 cm³/mol. The number of hydrogen-bond acceptors (Lipinski definition) is 6. The molecule has 2 fully saturated rings. The Labute approximate surface area is 267 Å². The second kappa shape index (κ2) is 13.6. The number of nitrogens with one attached hydrogen (secondary N) is 2. The van der Waals surface area contributed by atoms with Crippen LogP contribution in [0.3, 0.4) is 0 Å². The average molecular weight is 610 g/mol. The summed E-state index contributed by atoms with van der Waals surface area (Å²) in [5.74, 6) is 2.53. The van der Waals surface area contributed by atoms with Crippen molar-refractivity contribution < 1.29 is 14.3 Å². The number of carbonyl (C=O) groups excluding carboxylic acids is 2. The Morgan fingerprint density at radius 3 is 2.22 bits per heavy atom. The molecule has 0 spiro atoms. The Hall–Kier alpha value is -3.91. The van der Waals surface area contributed by atoms with E-state index in [1.807, 2.05) is 30.5 Å². The van der Waals surface area contributed by atoms with Crippen molar-refractivity contribution in [2.75, 3.05) is 49.5 Å². The van der Waals surface area contributed by atoms with Crippen molar-refractivity contribution in [2.45, 2.75) is 70.8 Å². The number of aromatic nitrogens is 1. The molecule has 8 heteroatoms. The van der Waals surface area contributed by atoms with E-state index < -0.39 is 0 Å². The maximum absolute atomic E-state index is 13.0. The zero-order valence-electron chi connectivity index (χ0n) is 27.0. The fourth-order valence-corrected chi connectivity index (χ4v) is 6.76. The molecule has 2 aliphatic heterocycles. The van der Waals surface area contributed by atoms with Gasteiger partial charge in [-0.15, -0.1) is 0 Å². The average Bonchev–Trinajstić information content (AvgIpc) is 3.54. The van der Waals surface area contributed by atoms with E-state index in [0.717, 1.165) is 88.9 Å². The van der Waals surface area contributed by atoms with E-state index in [1.54, 1.807) is 24.3 Å². The number of nitrogens with zero attached hydrogens (tertiary/aromatic N) is 3. The molecule has 6 rings (SSSR count). The number of amides is 2. The van der Waals surface area contributed by atoms with Crippen LogP contribution >= 0.6 is 0 Å². The Balaban J connectivity index is 0.894. The van der Waals surface area contributed by atoms with Crippen LogP contribution < -0.4 is 20.3 Å². The SMILES string of the molecule is CC(C)(C)c1ccc(C(=O)Nc2ccc(C(=O)NC3CCC(CCN4CCN(c5nccc6c5OCC6)CC4)CC3)cc2)cc1. The summed E-state index contributed by atoms with van der Waals surface area (Å²) >= 11 is 0. The van der Waals surface area contributed by atoms with Crippen LogP contribution in [-0.2, 0) is 11.8 Å². The molecule has 1 saturated heterocycles. The zero-order chi connectivity index (χ0) is 31.4. The van der Waals surface area contributed by atoms with E-state index in [1.165, 1.54) is 17.5 Å². The molecule has 3 heterocycles. The van der Waals surface area contributed by atoms with Gasteiger partial charge in [-0.2, -0.15) is 0 Å². The molecule has 8 nitrogen and oxygen atoms in total. The van der Waals surface area contributed by atoms with E-state index in [9.17, 15) is 9.59 Å². The van der Waals surface area contributed by atoms with Gasteiger partial charge in [0.2, 0.25) is 0 Å². The predicted octanol–water partition coefficient (Wildman–Crippen LogP) is 6.07. The Bertz CT molecular complexity index is 1470. The van der Waals surface area contributed by atoms with E-state index in [0.29, 0.717) is 16.8 Å². The van der Waals surface area contributed by atoms with E-state index in [-0.39, 0.29) is 23.3 Å². The molecular formula is C37H47N5O3. The van der Waals surface area contributed by atoms with Crippen molar-refractivity contribution in [1.29, 1.82) is 0 Å². The van der Waals surface area contributed by atoms with Crippen LogP contribution in [0.2, 0.25) is 0 Å². The normalized spacial score (nSPS) is 20.3. The summed E-state index contributed by atoms with van der Waals surface area (Å²) in [5.41, 5.74) is 4.42. The topological polar surface area (TPSA) is 86.8 Å². The maximum Gasteiger partial charge on any atom is 0.255 e. The first-order valence-corrected chi connectivity index (χ1v) is 16.6. The number of carbonyl (C=O) groups is 2. The fourth-order valence-electron chi connectivity index (χ4n) is 6.76. The van der Waals surface area contributed by atoms with Gasteiger partial charge in [-0.3, -0.25) is 14.5 Å². The second-order valence-electron chi connectivity index (χ2n) is 13.9. The number of rotatable bonds is 8. The van der Waals surface area contributed by atoms with Gasteiger partial charge >= 0.3 is 0 Å². The summed E-state index contributed by atoms with van der Waals surface area (Å²) in [5, 5.41) is 6.18. The van der Waals surface area contributed by atoms with E-state index in [2.05, 4.69) is 52.3 Å². The minimum atomic E-state index is -0.158. The van der Waals surface area contributed by atoms with Crippen molar-refractivity contribution >= 4 is 23.3 Å². The number of ether oxygens (including phenoxy) is 1. The Morgan fingerprint density at radius 2 is 1.53 bits per heavy atom. The molecule has 2 aromatic carbocycles. The summed E-state index contributed by atoms with van der Waals surface area (Å²) in [7, 11) is 0. The van der Waals surface area contributed by atoms with Crippen molar-refractivity contribution in [2.24, 2.45) is 5.92 Å². The van der Waals surface area contributed by atoms with Gasteiger partial charge in [-0.25, -0.2) is 4.98 Å². The first kappa shape index (κ1) is 31.1. The fraction of sp³-hybridized carbons (Fsp3) is 0.486. The van der Waals surface area contributed by atoms with Crippen LogP contribution in [0, 0.1) is 5.92 Å². The molecule has 0 unspecified atom stereocenters. The van der Waals surface area contributed by atoms with Crippen LogP contribution in [0.5, 0.6) is 5.75 Å². The number of benzene rings is 2. The third kappa shape index (κ3) is 7.67. The van der Waals surface area contributed by atoms with Crippen molar-refractivity contribution in [1.82, 2.24) is 15.2 Å².